The van der Waals surface area contributed by atoms with Gasteiger partial charge in [0.25, 0.3) is 0 Å². The minimum atomic E-state index is 0.434. The Balaban J connectivity index is 1.94. The van der Waals surface area contributed by atoms with Gasteiger partial charge >= 0.3 is 0 Å². The highest BCUT2D eigenvalue weighted by Gasteiger charge is 2.15. The lowest BCUT2D eigenvalue weighted by atomic mass is 10.2. The fourth-order valence-corrected chi connectivity index (χ4v) is 3.27. The molecule has 118 valence electrons. The summed E-state index contributed by atoms with van der Waals surface area (Å²) in [6.45, 7) is 0. The zero-order valence-electron chi connectivity index (χ0n) is 12.2. The van der Waals surface area contributed by atoms with Gasteiger partial charge in [-0.3, -0.25) is 9.67 Å². The van der Waals surface area contributed by atoms with Crippen molar-refractivity contribution in [2.45, 2.75) is 0 Å². The zero-order chi connectivity index (χ0) is 16.7. The summed E-state index contributed by atoms with van der Waals surface area (Å²) >= 11 is 17.7. The molecule has 0 unspecified atom stereocenters. The second-order valence-electron chi connectivity index (χ2n) is 5.17. The van der Waals surface area contributed by atoms with Crippen molar-refractivity contribution in [3.05, 3.63) is 69.4 Å². The predicted octanol–water partition coefficient (Wildman–Crippen LogP) is 5.45. The number of rotatable bonds is 2. The first-order chi connectivity index (χ1) is 11.6. The Morgan fingerprint density at radius 3 is 2.67 bits per heavy atom. The number of aromatic nitrogens is 4. The van der Waals surface area contributed by atoms with Gasteiger partial charge in [0, 0.05) is 10.4 Å². The molecule has 0 radical (unpaired) electrons. The lowest BCUT2D eigenvalue weighted by molar-refractivity contribution is 1.03. The van der Waals surface area contributed by atoms with Crippen molar-refractivity contribution in [2.75, 3.05) is 0 Å². The second kappa shape index (κ2) is 6.02. The van der Waals surface area contributed by atoms with Crippen LogP contribution in [0.3, 0.4) is 0 Å². The molecule has 4 aromatic rings. The van der Waals surface area contributed by atoms with Gasteiger partial charge in [-0.1, -0.05) is 47.5 Å². The Kier molecular flexibility index (Phi) is 3.84. The molecule has 24 heavy (non-hydrogen) atoms. The van der Waals surface area contributed by atoms with Gasteiger partial charge in [-0.2, -0.15) is 5.10 Å². The molecular formula is C17H10Cl2N4S. The molecule has 0 spiro atoms. The highest BCUT2D eigenvalue weighted by atomic mass is 35.5. The first-order valence-electron chi connectivity index (χ1n) is 7.12. The van der Waals surface area contributed by atoms with Crippen molar-refractivity contribution in [1.82, 2.24) is 19.7 Å². The molecule has 2 heterocycles. The zero-order valence-corrected chi connectivity index (χ0v) is 14.5. The molecule has 4 nitrogen and oxygen atoms in total. The van der Waals surface area contributed by atoms with E-state index >= 15 is 0 Å². The van der Waals surface area contributed by atoms with E-state index in [-0.39, 0.29) is 0 Å². The van der Waals surface area contributed by atoms with E-state index < -0.39 is 0 Å². The number of hydrogen-bond donors (Lipinski definition) is 1. The average molecular weight is 373 g/mol. The Morgan fingerprint density at radius 1 is 1.00 bits per heavy atom. The van der Waals surface area contributed by atoms with Crippen LogP contribution in [-0.2, 0) is 0 Å². The number of benzene rings is 2. The number of fused-ring (bicyclic) bond motifs is 1. The summed E-state index contributed by atoms with van der Waals surface area (Å²) in [5.74, 6) is 0.593. The van der Waals surface area contributed by atoms with Gasteiger partial charge in [0.1, 0.15) is 5.69 Å². The third-order valence-corrected chi connectivity index (χ3v) is 4.46. The molecule has 1 N–H and O–H groups in total. The normalized spacial score (nSPS) is 11.1. The Morgan fingerprint density at radius 2 is 1.83 bits per heavy atom. The number of nitrogens with zero attached hydrogens (tertiary/aromatic N) is 3. The Labute approximate surface area is 152 Å². The second-order valence-corrected chi connectivity index (χ2v) is 6.40. The summed E-state index contributed by atoms with van der Waals surface area (Å²) in [6.07, 6.45) is 0. The first-order valence-corrected chi connectivity index (χ1v) is 8.29. The number of nitrogens with one attached hydrogen (secondary N) is 1. The largest absolute Gasteiger partial charge is 0.265 e. The van der Waals surface area contributed by atoms with Crippen LogP contribution in [-0.4, -0.2) is 19.7 Å². The Bertz CT molecular complexity index is 1120. The van der Waals surface area contributed by atoms with Crippen molar-refractivity contribution in [3.8, 4) is 17.2 Å². The van der Waals surface area contributed by atoms with Crippen LogP contribution in [0, 0.1) is 4.77 Å². The van der Waals surface area contributed by atoms with Gasteiger partial charge in [0.15, 0.2) is 10.6 Å². The van der Waals surface area contributed by atoms with E-state index in [1.807, 2.05) is 36.4 Å². The molecule has 0 atom stereocenters. The first kappa shape index (κ1) is 15.3. The van der Waals surface area contributed by atoms with Crippen LogP contribution in [0.4, 0.5) is 0 Å². The van der Waals surface area contributed by atoms with E-state index in [1.165, 1.54) is 0 Å². The van der Waals surface area contributed by atoms with Crippen molar-refractivity contribution >= 4 is 46.3 Å². The molecule has 4 rings (SSSR count). The molecule has 0 saturated heterocycles. The number of H-pyrrole nitrogens is 1. The molecular weight excluding hydrogens is 363 g/mol. The summed E-state index contributed by atoms with van der Waals surface area (Å²) in [4.78, 5) is 4.67. The van der Waals surface area contributed by atoms with Gasteiger partial charge in [-0.25, -0.2) is 4.98 Å². The van der Waals surface area contributed by atoms with Crippen LogP contribution in [0.25, 0.3) is 28.1 Å². The number of para-hydroxylation sites is 1. The van der Waals surface area contributed by atoms with E-state index in [4.69, 9.17) is 35.4 Å². The monoisotopic (exact) mass is 372 g/mol. The van der Waals surface area contributed by atoms with Gasteiger partial charge < -0.3 is 0 Å². The molecule has 2 aromatic heterocycles. The standard InChI is InChI=1S/C17H10Cl2N4S/c18-11-6-8-15(12(19)9-11)23-16(21-22-17(23)24)14-7-5-10-3-1-2-4-13(10)20-14/h1-9H,(H,22,24). The summed E-state index contributed by atoms with van der Waals surface area (Å²) in [5, 5.41) is 9.24. The maximum atomic E-state index is 6.33. The molecule has 0 bridgehead atoms. The van der Waals surface area contributed by atoms with Gasteiger partial charge in [0.05, 0.1) is 16.2 Å². The molecule has 0 aliphatic heterocycles. The number of aromatic amines is 1. The summed E-state index contributed by atoms with van der Waals surface area (Å²) in [5.41, 5.74) is 2.29. The molecule has 0 aliphatic carbocycles. The Hall–Kier alpha value is -2.21. The lowest BCUT2D eigenvalue weighted by Gasteiger charge is -2.09. The maximum Gasteiger partial charge on any atom is 0.200 e. The van der Waals surface area contributed by atoms with E-state index in [2.05, 4.69) is 15.2 Å². The van der Waals surface area contributed by atoms with E-state index in [0.717, 1.165) is 10.9 Å². The molecule has 2 aromatic carbocycles. The minimum Gasteiger partial charge on any atom is -0.265 e. The molecule has 0 fully saturated rings. The quantitative estimate of drug-likeness (QED) is 0.475. The van der Waals surface area contributed by atoms with Crippen LogP contribution < -0.4 is 0 Å². The number of hydrogen-bond acceptors (Lipinski definition) is 3. The van der Waals surface area contributed by atoms with Gasteiger partial charge in [0.2, 0.25) is 0 Å². The van der Waals surface area contributed by atoms with Crippen LogP contribution in [0.5, 0.6) is 0 Å². The summed E-state index contributed by atoms with van der Waals surface area (Å²) in [6, 6.07) is 17.1. The van der Waals surface area contributed by atoms with Crippen molar-refractivity contribution in [2.24, 2.45) is 0 Å². The van der Waals surface area contributed by atoms with E-state index in [1.54, 1.807) is 22.8 Å². The molecule has 7 heteroatoms. The van der Waals surface area contributed by atoms with Gasteiger partial charge in [-0.15, -0.1) is 0 Å². The molecule has 0 aliphatic rings. The van der Waals surface area contributed by atoms with Crippen LogP contribution >= 0.6 is 35.4 Å². The van der Waals surface area contributed by atoms with Crippen molar-refractivity contribution in [1.29, 1.82) is 0 Å². The highest BCUT2D eigenvalue weighted by Crippen LogP contribution is 2.28. The minimum absolute atomic E-state index is 0.434. The maximum absolute atomic E-state index is 6.33. The van der Waals surface area contributed by atoms with Crippen LogP contribution in [0.1, 0.15) is 0 Å². The molecule has 0 saturated carbocycles. The SMILES string of the molecule is S=c1[nH]nc(-c2ccc3ccccc3n2)n1-c1ccc(Cl)cc1Cl. The smallest absolute Gasteiger partial charge is 0.200 e. The van der Waals surface area contributed by atoms with E-state index in [9.17, 15) is 0 Å². The van der Waals surface area contributed by atoms with Crippen LogP contribution in [0.15, 0.2) is 54.6 Å². The van der Waals surface area contributed by atoms with E-state index in [0.29, 0.717) is 32.0 Å². The summed E-state index contributed by atoms with van der Waals surface area (Å²) < 4.78 is 2.19. The fourth-order valence-electron chi connectivity index (χ4n) is 2.55. The van der Waals surface area contributed by atoms with Crippen molar-refractivity contribution in [3.63, 3.8) is 0 Å². The lowest BCUT2D eigenvalue weighted by Crippen LogP contribution is -2.00. The highest BCUT2D eigenvalue weighted by molar-refractivity contribution is 7.71. The summed E-state index contributed by atoms with van der Waals surface area (Å²) in [7, 11) is 0. The van der Waals surface area contributed by atoms with Crippen molar-refractivity contribution < 1.29 is 0 Å². The number of pyridine rings is 1. The third kappa shape index (κ3) is 2.60. The van der Waals surface area contributed by atoms with Crippen LogP contribution in [0.2, 0.25) is 10.0 Å². The third-order valence-electron chi connectivity index (χ3n) is 3.65. The fraction of sp³-hybridized carbons (Fsp3) is 0. The topological polar surface area (TPSA) is 46.5 Å². The number of halogens is 2. The average Bonchev–Trinajstić information content (AvgIpc) is 2.96. The molecule has 0 amide bonds. The predicted molar refractivity (Wildman–Crippen MR) is 99.5 cm³/mol. The van der Waals surface area contributed by atoms with Gasteiger partial charge in [-0.05, 0) is 42.5 Å².